The number of carbonyl (C=O) groups is 1. The summed E-state index contributed by atoms with van der Waals surface area (Å²) in [4.78, 5) is 42.8. The van der Waals surface area contributed by atoms with Gasteiger partial charge in [0.05, 0.1) is 44.6 Å². The highest BCUT2D eigenvalue weighted by atomic mass is 32.1. The van der Waals surface area contributed by atoms with Gasteiger partial charge in [-0.3, -0.25) is 14.2 Å². The van der Waals surface area contributed by atoms with E-state index in [4.69, 9.17) is 9.47 Å². The van der Waals surface area contributed by atoms with Gasteiger partial charge in [-0.25, -0.2) is 13.8 Å². The number of rotatable bonds is 9. The molecule has 1 aromatic carbocycles. The Bertz CT molecular complexity index is 1650. The topological polar surface area (TPSA) is 142 Å². The number of ether oxygens (including phenoxy) is 2. The first-order chi connectivity index (χ1) is 19.3. The summed E-state index contributed by atoms with van der Waals surface area (Å²) in [6, 6.07) is 2.94. The highest BCUT2D eigenvalue weighted by Crippen LogP contribution is 2.34. The van der Waals surface area contributed by atoms with Gasteiger partial charge in [-0.1, -0.05) is 11.3 Å². The van der Waals surface area contributed by atoms with Crippen molar-refractivity contribution in [3.05, 3.63) is 68.4 Å². The number of thiophene rings is 1. The minimum absolute atomic E-state index is 0.0984. The van der Waals surface area contributed by atoms with Crippen LogP contribution in [-0.4, -0.2) is 62.0 Å². The minimum Gasteiger partial charge on any atom is -0.496 e. The molecule has 1 aliphatic heterocycles. The number of aryl methyl sites for hydroxylation is 1. The molecular formula is C26H29FN6O6S. The number of aromatic nitrogens is 5. The number of nitrogens with zero attached hydrogens (tertiary/aromatic N) is 5. The van der Waals surface area contributed by atoms with Crippen LogP contribution < -0.4 is 21.3 Å². The minimum atomic E-state index is -0.996. The SMILES string of the molecule is COc1ccc(F)cc1[C@H](Cn1c(=O)n([C@H]2CCCCNC2=O)c(=O)c2c(C)c(-n3nccn3)sc21)OCCO. The number of halogens is 1. The third-order valence-corrected chi connectivity index (χ3v) is 8.21. The molecule has 212 valence electrons. The van der Waals surface area contributed by atoms with Crippen LogP contribution in [0.1, 0.15) is 42.5 Å². The third kappa shape index (κ3) is 5.05. The molecule has 3 aromatic heterocycles. The molecule has 0 saturated carbocycles. The highest BCUT2D eigenvalue weighted by molar-refractivity contribution is 7.21. The average molecular weight is 573 g/mol. The van der Waals surface area contributed by atoms with E-state index < -0.39 is 35.1 Å². The summed E-state index contributed by atoms with van der Waals surface area (Å²) in [5.41, 5.74) is -0.410. The first kappa shape index (κ1) is 27.7. The Morgan fingerprint density at radius 2 is 2.00 bits per heavy atom. The number of fused-ring (bicyclic) bond motifs is 1. The van der Waals surface area contributed by atoms with Gasteiger partial charge in [0.25, 0.3) is 5.56 Å². The molecular weight excluding hydrogens is 543 g/mol. The van der Waals surface area contributed by atoms with Crippen LogP contribution in [0.15, 0.2) is 40.2 Å². The molecule has 4 heterocycles. The molecule has 0 spiro atoms. The van der Waals surface area contributed by atoms with Gasteiger partial charge in [0.2, 0.25) is 5.91 Å². The maximum Gasteiger partial charge on any atom is 0.332 e. The van der Waals surface area contributed by atoms with Crippen LogP contribution in [0, 0.1) is 12.7 Å². The van der Waals surface area contributed by atoms with Crippen molar-refractivity contribution < 1.29 is 23.8 Å². The molecule has 0 aliphatic carbocycles. The second-order valence-electron chi connectivity index (χ2n) is 9.37. The Kier molecular flexibility index (Phi) is 8.09. The number of hydrogen-bond donors (Lipinski definition) is 2. The molecule has 12 nitrogen and oxygen atoms in total. The van der Waals surface area contributed by atoms with Gasteiger partial charge < -0.3 is 19.9 Å². The van der Waals surface area contributed by atoms with E-state index in [2.05, 4.69) is 15.5 Å². The number of carbonyl (C=O) groups excluding carboxylic acids is 1. The molecule has 1 aliphatic rings. The Morgan fingerprint density at radius 1 is 1.23 bits per heavy atom. The second-order valence-corrected chi connectivity index (χ2v) is 10.3. The lowest BCUT2D eigenvalue weighted by molar-refractivity contribution is -0.124. The van der Waals surface area contributed by atoms with E-state index in [0.717, 1.165) is 22.3 Å². The van der Waals surface area contributed by atoms with E-state index in [-0.39, 0.29) is 25.1 Å². The zero-order chi connectivity index (χ0) is 28.4. The van der Waals surface area contributed by atoms with Gasteiger partial charge in [-0.15, -0.1) is 4.80 Å². The largest absolute Gasteiger partial charge is 0.496 e. The maximum absolute atomic E-state index is 14.4. The van der Waals surface area contributed by atoms with E-state index in [1.54, 1.807) is 6.92 Å². The molecule has 2 N–H and O–H groups in total. The monoisotopic (exact) mass is 572 g/mol. The van der Waals surface area contributed by atoms with Gasteiger partial charge in [-0.05, 0) is 44.4 Å². The Morgan fingerprint density at radius 3 is 2.73 bits per heavy atom. The fraction of sp³-hybridized carbons (Fsp3) is 0.423. The van der Waals surface area contributed by atoms with E-state index >= 15 is 0 Å². The molecule has 4 aromatic rings. The summed E-state index contributed by atoms with van der Waals surface area (Å²) in [5, 5.41) is 21.4. The molecule has 1 saturated heterocycles. The van der Waals surface area contributed by atoms with Crippen molar-refractivity contribution >= 4 is 27.5 Å². The molecule has 1 amide bonds. The molecule has 0 unspecified atom stereocenters. The van der Waals surface area contributed by atoms with Crippen LogP contribution >= 0.6 is 11.3 Å². The quantitative estimate of drug-likeness (QED) is 0.310. The zero-order valence-corrected chi connectivity index (χ0v) is 22.8. The van der Waals surface area contributed by atoms with Crippen LogP contribution in [-0.2, 0) is 16.1 Å². The fourth-order valence-corrected chi connectivity index (χ4v) is 6.25. The van der Waals surface area contributed by atoms with E-state index in [0.29, 0.717) is 46.1 Å². The molecule has 5 rings (SSSR count). The lowest BCUT2D eigenvalue weighted by Crippen LogP contribution is -2.46. The smallest absolute Gasteiger partial charge is 0.332 e. The van der Waals surface area contributed by atoms with Crippen LogP contribution in [0.2, 0.25) is 0 Å². The van der Waals surface area contributed by atoms with Gasteiger partial charge in [-0.2, -0.15) is 10.2 Å². The number of benzene rings is 1. The summed E-state index contributed by atoms with van der Waals surface area (Å²) < 4.78 is 28.1. The van der Waals surface area contributed by atoms with E-state index in [9.17, 15) is 23.9 Å². The highest BCUT2D eigenvalue weighted by Gasteiger charge is 2.31. The standard InChI is InChI=1S/C26H29FN6O6S/c1-15-21-23(36)32(18-5-3-4-8-28-22(18)35)26(37)31(25(21)40-24(15)33-29-9-10-30-33)14-20(39-12-11-34)17-13-16(27)6-7-19(17)38-2/h6-7,9-10,13,18,20,34H,3-5,8,11-12,14H2,1-2H3,(H,28,35)/t18-,20-/m0/s1. The number of aliphatic hydroxyl groups is 1. The molecule has 14 heteroatoms. The van der Waals surface area contributed by atoms with Gasteiger partial charge in [0.15, 0.2) is 0 Å². The van der Waals surface area contributed by atoms with Crippen molar-refractivity contribution in [2.24, 2.45) is 0 Å². The summed E-state index contributed by atoms with van der Waals surface area (Å²) >= 11 is 1.15. The van der Waals surface area contributed by atoms with Gasteiger partial charge >= 0.3 is 5.69 Å². The first-order valence-corrected chi connectivity index (χ1v) is 13.7. The predicted molar refractivity (Wildman–Crippen MR) is 145 cm³/mol. The Hall–Kier alpha value is -3.88. The normalized spacial score (nSPS) is 16.6. The number of methoxy groups -OCH3 is 1. The van der Waals surface area contributed by atoms with Gasteiger partial charge in [0.1, 0.15) is 33.5 Å². The van der Waals surface area contributed by atoms with Crippen LogP contribution in [0.5, 0.6) is 5.75 Å². The van der Waals surface area contributed by atoms with Crippen LogP contribution in [0.25, 0.3) is 15.2 Å². The second kappa shape index (κ2) is 11.7. The van der Waals surface area contributed by atoms with Crippen molar-refractivity contribution in [1.29, 1.82) is 0 Å². The number of nitrogens with one attached hydrogen (secondary N) is 1. The van der Waals surface area contributed by atoms with Crippen molar-refractivity contribution in [3.8, 4) is 10.8 Å². The molecule has 1 fully saturated rings. The van der Waals surface area contributed by atoms with E-state index in [1.165, 1.54) is 47.1 Å². The zero-order valence-electron chi connectivity index (χ0n) is 22.0. The van der Waals surface area contributed by atoms with Crippen molar-refractivity contribution in [3.63, 3.8) is 0 Å². The van der Waals surface area contributed by atoms with Crippen LogP contribution in [0.4, 0.5) is 4.39 Å². The fourth-order valence-electron chi connectivity index (χ4n) is 5.03. The molecule has 2 atom stereocenters. The lowest BCUT2D eigenvalue weighted by Gasteiger charge is -2.23. The molecule has 0 bridgehead atoms. The van der Waals surface area contributed by atoms with Crippen molar-refractivity contribution in [1.82, 2.24) is 29.4 Å². The predicted octanol–water partition coefficient (Wildman–Crippen LogP) is 1.85. The first-order valence-electron chi connectivity index (χ1n) is 12.8. The summed E-state index contributed by atoms with van der Waals surface area (Å²) in [6.07, 6.45) is 3.77. The van der Waals surface area contributed by atoms with Crippen molar-refractivity contribution in [2.75, 3.05) is 26.9 Å². The maximum atomic E-state index is 14.4. The van der Waals surface area contributed by atoms with Gasteiger partial charge in [0, 0.05) is 17.7 Å². The Labute approximate surface area is 231 Å². The van der Waals surface area contributed by atoms with Crippen LogP contribution in [0.3, 0.4) is 0 Å². The summed E-state index contributed by atoms with van der Waals surface area (Å²) in [6.45, 7) is 1.63. The van der Waals surface area contributed by atoms with E-state index in [1.807, 2.05) is 0 Å². The van der Waals surface area contributed by atoms with Crippen molar-refractivity contribution in [2.45, 2.75) is 44.9 Å². The molecule has 0 radical (unpaired) electrons. The molecule has 40 heavy (non-hydrogen) atoms. The average Bonchev–Trinajstić information content (AvgIpc) is 3.54. The summed E-state index contributed by atoms with van der Waals surface area (Å²) in [5.74, 6) is -0.608. The number of aliphatic hydroxyl groups excluding tert-OH is 1. The number of amides is 1. The summed E-state index contributed by atoms with van der Waals surface area (Å²) in [7, 11) is 1.43. The number of hydrogen-bond acceptors (Lipinski definition) is 9. The Balaban J connectivity index is 1.77. The third-order valence-electron chi connectivity index (χ3n) is 6.93. The lowest BCUT2D eigenvalue weighted by atomic mass is 10.1.